The van der Waals surface area contributed by atoms with E-state index in [4.69, 9.17) is 4.89 Å². The largest absolute Gasteiger partial charge is 0.385 e. The lowest BCUT2D eigenvalue weighted by atomic mass is 10.3. The zero-order valence-electron chi connectivity index (χ0n) is 8.37. The highest BCUT2D eigenvalue weighted by molar-refractivity contribution is 9.10. The Morgan fingerprint density at radius 2 is 1.93 bits per heavy atom. The van der Waals surface area contributed by atoms with E-state index < -0.39 is 8.03 Å². The number of benzene rings is 1. The minimum absolute atomic E-state index is 0.437. The highest BCUT2D eigenvalue weighted by Gasteiger charge is 1.94. The lowest BCUT2D eigenvalue weighted by Crippen LogP contribution is -2.01. The summed E-state index contributed by atoms with van der Waals surface area (Å²) in [4.78, 5) is 8.62. The fourth-order valence-electron chi connectivity index (χ4n) is 1.20. The first-order valence-corrected chi connectivity index (χ1v) is 7.25. The van der Waals surface area contributed by atoms with E-state index in [1.807, 2.05) is 24.3 Å². The van der Waals surface area contributed by atoms with Gasteiger partial charge in [0.15, 0.2) is 8.03 Å². The van der Waals surface area contributed by atoms with Crippen molar-refractivity contribution in [3.63, 3.8) is 0 Å². The molecule has 3 nitrogen and oxygen atoms in total. The Kier molecular flexibility index (Phi) is 5.99. The number of nitrogens with one attached hydrogen (secondary N) is 1. The fraction of sp³-hybridized carbons (Fsp3) is 0.400. The molecule has 0 fully saturated rings. The maximum absolute atomic E-state index is 10.4. The van der Waals surface area contributed by atoms with Crippen LogP contribution in [0, 0.1) is 0 Å². The highest BCUT2D eigenvalue weighted by Crippen LogP contribution is 2.16. The van der Waals surface area contributed by atoms with Gasteiger partial charge in [-0.25, -0.2) is 0 Å². The second kappa shape index (κ2) is 7.04. The van der Waals surface area contributed by atoms with E-state index in [-0.39, 0.29) is 0 Å². The lowest BCUT2D eigenvalue weighted by molar-refractivity contribution is 0.500. The number of unbranched alkanes of at least 4 members (excludes halogenated alkanes) is 1. The number of anilines is 1. The van der Waals surface area contributed by atoms with Crippen LogP contribution in [0.1, 0.15) is 12.8 Å². The summed E-state index contributed by atoms with van der Waals surface area (Å²) in [5, 5.41) is 3.25. The van der Waals surface area contributed by atoms with Crippen LogP contribution in [-0.2, 0) is 4.57 Å². The highest BCUT2D eigenvalue weighted by atomic mass is 79.9. The summed E-state index contributed by atoms with van der Waals surface area (Å²) in [5.41, 5.74) is 1.08. The van der Waals surface area contributed by atoms with Crippen LogP contribution in [0.2, 0.25) is 0 Å². The second-order valence-electron chi connectivity index (χ2n) is 3.28. The van der Waals surface area contributed by atoms with Crippen molar-refractivity contribution >= 4 is 29.6 Å². The Morgan fingerprint density at radius 1 is 1.27 bits per heavy atom. The van der Waals surface area contributed by atoms with E-state index in [1.54, 1.807) is 0 Å². The molecule has 0 bridgehead atoms. The molecule has 0 spiro atoms. The Labute approximate surface area is 98.9 Å². The van der Waals surface area contributed by atoms with Gasteiger partial charge in [0.1, 0.15) is 0 Å². The quantitative estimate of drug-likeness (QED) is 0.625. The third-order valence-electron chi connectivity index (χ3n) is 1.99. The first kappa shape index (κ1) is 12.8. The molecule has 0 aromatic heterocycles. The van der Waals surface area contributed by atoms with Gasteiger partial charge in [-0.2, -0.15) is 0 Å². The summed E-state index contributed by atoms with van der Waals surface area (Å²) < 4.78 is 11.5. The van der Waals surface area contributed by atoms with Crippen molar-refractivity contribution in [1.82, 2.24) is 0 Å². The van der Waals surface area contributed by atoms with Crippen LogP contribution in [0.15, 0.2) is 28.7 Å². The summed E-state index contributed by atoms with van der Waals surface area (Å²) in [6.45, 7) is 0.844. The summed E-state index contributed by atoms with van der Waals surface area (Å²) in [6, 6.07) is 7.96. The van der Waals surface area contributed by atoms with Crippen LogP contribution < -0.4 is 5.32 Å². The van der Waals surface area contributed by atoms with E-state index in [1.165, 1.54) is 0 Å². The molecule has 5 heteroatoms. The average Bonchev–Trinajstić information content (AvgIpc) is 2.20. The van der Waals surface area contributed by atoms with Crippen LogP contribution >= 0.6 is 24.0 Å². The van der Waals surface area contributed by atoms with Crippen LogP contribution in [0.25, 0.3) is 0 Å². The molecule has 15 heavy (non-hydrogen) atoms. The molecule has 1 unspecified atom stereocenters. The van der Waals surface area contributed by atoms with E-state index in [9.17, 15) is 4.57 Å². The van der Waals surface area contributed by atoms with Crippen molar-refractivity contribution in [1.29, 1.82) is 0 Å². The van der Waals surface area contributed by atoms with Crippen molar-refractivity contribution in [3.8, 4) is 0 Å². The summed E-state index contributed by atoms with van der Waals surface area (Å²) in [6.07, 6.45) is 2.16. The molecule has 0 radical (unpaired) electrons. The molecule has 1 aromatic rings. The molecule has 1 atom stereocenters. The van der Waals surface area contributed by atoms with Gasteiger partial charge >= 0.3 is 0 Å². The van der Waals surface area contributed by atoms with Crippen LogP contribution in [0.5, 0.6) is 0 Å². The molecular formula is C10H15BrNO2P. The molecule has 84 valence electrons. The molecule has 0 aliphatic rings. The standard InChI is InChI=1S/C10H15BrNO2P/c11-9-3-5-10(6-4-9)12-7-1-2-8-15(13)14/h3-6,12,15H,1-2,7-8H2,(H,13,14). The molecule has 1 aromatic carbocycles. The normalized spacial score (nSPS) is 12.4. The number of rotatable bonds is 6. The SMILES string of the molecule is O=[PH](O)CCCCNc1ccc(Br)cc1. The van der Waals surface area contributed by atoms with Gasteiger partial charge in [0, 0.05) is 22.9 Å². The minimum atomic E-state index is -2.27. The zero-order chi connectivity index (χ0) is 11.1. The van der Waals surface area contributed by atoms with Crippen molar-refractivity contribution < 1.29 is 9.46 Å². The average molecular weight is 292 g/mol. The van der Waals surface area contributed by atoms with E-state index in [2.05, 4.69) is 21.2 Å². The van der Waals surface area contributed by atoms with Crippen molar-refractivity contribution in [3.05, 3.63) is 28.7 Å². The third kappa shape index (κ3) is 5.98. The maximum Gasteiger partial charge on any atom is 0.189 e. The minimum Gasteiger partial charge on any atom is -0.385 e. The summed E-state index contributed by atoms with van der Waals surface area (Å²) >= 11 is 3.37. The monoisotopic (exact) mass is 291 g/mol. The second-order valence-corrected chi connectivity index (χ2v) is 5.49. The Morgan fingerprint density at radius 3 is 2.53 bits per heavy atom. The molecule has 0 heterocycles. The van der Waals surface area contributed by atoms with Crippen LogP contribution in [0.4, 0.5) is 5.69 Å². The molecule has 0 saturated heterocycles. The molecular weight excluding hydrogens is 277 g/mol. The van der Waals surface area contributed by atoms with Crippen molar-refractivity contribution in [2.24, 2.45) is 0 Å². The van der Waals surface area contributed by atoms with E-state index in [0.29, 0.717) is 6.16 Å². The molecule has 2 N–H and O–H groups in total. The van der Waals surface area contributed by atoms with Gasteiger partial charge in [0.2, 0.25) is 0 Å². The van der Waals surface area contributed by atoms with E-state index in [0.717, 1.165) is 29.5 Å². The van der Waals surface area contributed by atoms with Gasteiger partial charge in [-0.05, 0) is 37.1 Å². The summed E-state index contributed by atoms with van der Waals surface area (Å²) in [5.74, 6) is 0. The topological polar surface area (TPSA) is 49.3 Å². The van der Waals surface area contributed by atoms with Crippen LogP contribution in [-0.4, -0.2) is 17.6 Å². The van der Waals surface area contributed by atoms with Gasteiger partial charge in [-0.15, -0.1) is 0 Å². The number of halogens is 1. The summed E-state index contributed by atoms with van der Waals surface area (Å²) in [7, 11) is -2.27. The molecule has 0 amide bonds. The van der Waals surface area contributed by atoms with Crippen molar-refractivity contribution in [2.75, 3.05) is 18.0 Å². The molecule has 0 saturated carbocycles. The Bertz CT molecular complexity index is 316. The Hall–Kier alpha value is -0.310. The van der Waals surface area contributed by atoms with E-state index >= 15 is 0 Å². The predicted molar refractivity (Wildman–Crippen MR) is 68.0 cm³/mol. The Balaban J connectivity index is 2.15. The van der Waals surface area contributed by atoms with Crippen molar-refractivity contribution in [2.45, 2.75) is 12.8 Å². The predicted octanol–water partition coefficient (Wildman–Crippen LogP) is 3.11. The van der Waals surface area contributed by atoms with Gasteiger partial charge in [-0.1, -0.05) is 15.9 Å². The van der Waals surface area contributed by atoms with Gasteiger partial charge < -0.3 is 10.2 Å². The number of hydrogen-bond acceptors (Lipinski definition) is 2. The molecule has 0 aliphatic heterocycles. The molecule has 1 rings (SSSR count). The fourth-order valence-corrected chi connectivity index (χ4v) is 2.02. The molecule has 0 aliphatic carbocycles. The van der Waals surface area contributed by atoms with Gasteiger partial charge in [0.25, 0.3) is 0 Å². The maximum atomic E-state index is 10.4. The third-order valence-corrected chi connectivity index (χ3v) is 3.30. The van der Waals surface area contributed by atoms with Gasteiger partial charge in [0.05, 0.1) is 0 Å². The van der Waals surface area contributed by atoms with Crippen LogP contribution in [0.3, 0.4) is 0 Å². The van der Waals surface area contributed by atoms with Gasteiger partial charge in [-0.3, -0.25) is 4.57 Å². The number of hydrogen-bond donors (Lipinski definition) is 2. The lowest BCUT2D eigenvalue weighted by Gasteiger charge is -2.05. The first-order chi connectivity index (χ1) is 7.18. The first-order valence-electron chi connectivity index (χ1n) is 4.90. The zero-order valence-corrected chi connectivity index (χ0v) is 11.0. The smallest absolute Gasteiger partial charge is 0.189 e.